The van der Waals surface area contributed by atoms with Gasteiger partial charge in [0.25, 0.3) is 0 Å². The third kappa shape index (κ3) is 2.62. The normalized spacial score (nSPS) is 19.6. The van der Waals surface area contributed by atoms with Crippen LogP contribution in [0.3, 0.4) is 0 Å². The first kappa shape index (κ1) is 13.3. The predicted molar refractivity (Wildman–Crippen MR) is 82.0 cm³/mol. The number of para-hydroxylation sites is 1. The fraction of sp³-hybridized carbons (Fsp3) is 0.438. The number of likely N-dealkylation sites (tertiary alicyclic amines) is 1. The zero-order chi connectivity index (χ0) is 13.9. The molecule has 0 saturated carbocycles. The highest BCUT2D eigenvalue weighted by atomic mass is 16.5. The second-order valence-corrected chi connectivity index (χ2v) is 5.32. The molecule has 1 unspecified atom stereocenters. The van der Waals surface area contributed by atoms with E-state index in [-0.39, 0.29) is 0 Å². The highest BCUT2D eigenvalue weighted by Gasteiger charge is 2.22. The van der Waals surface area contributed by atoms with Crippen molar-refractivity contribution < 1.29 is 4.74 Å². The van der Waals surface area contributed by atoms with E-state index in [1.807, 2.05) is 13.1 Å². The van der Waals surface area contributed by atoms with Crippen LogP contribution in [-0.4, -0.2) is 43.2 Å². The number of hydrogen-bond donors (Lipinski definition) is 1. The van der Waals surface area contributed by atoms with Gasteiger partial charge in [-0.15, -0.1) is 0 Å². The van der Waals surface area contributed by atoms with Crippen molar-refractivity contribution in [1.82, 2.24) is 9.88 Å². The number of aromatic nitrogens is 1. The quantitative estimate of drug-likeness (QED) is 0.927. The molecule has 1 aromatic heterocycles. The van der Waals surface area contributed by atoms with Gasteiger partial charge in [-0.05, 0) is 18.6 Å². The van der Waals surface area contributed by atoms with Gasteiger partial charge in [0.05, 0.1) is 11.6 Å². The molecule has 1 atom stereocenters. The second kappa shape index (κ2) is 5.77. The van der Waals surface area contributed by atoms with Gasteiger partial charge in [-0.3, -0.25) is 4.90 Å². The molecule has 1 aliphatic heterocycles. The number of ether oxygens (including phenoxy) is 1. The zero-order valence-corrected chi connectivity index (χ0v) is 12.1. The number of benzene rings is 1. The second-order valence-electron chi connectivity index (χ2n) is 5.32. The highest BCUT2D eigenvalue weighted by Crippen LogP contribution is 2.23. The Morgan fingerprint density at radius 3 is 3.00 bits per heavy atom. The van der Waals surface area contributed by atoms with E-state index in [0.717, 1.165) is 37.4 Å². The topological polar surface area (TPSA) is 37.4 Å². The summed E-state index contributed by atoms with van der Waals surface area (Å²) in [5.41, 5.74) is 2.29. The van der Waals surface area contributed by atoms with Gasteiger partial charge in [0.15, 0.2) is 0 Å². The van der Waals surface area contributed by atoms with Crippen LogP contribution in [-0.2, 0) is 11.3 Å². The van der Waals surface area contributed by atoms with Crippen LogP contribution in [0.1, 0.15) is 12.0 Å². The lowest BCUT2D eigenvalue weighted by molar-refractivity contribution is 0.107. The van der Waals surface area contributed by atoms with Crippen molar-refractivity contribution in [2.24, 2.45) is 0 Å². The van der Waals surface area contributed by atoms with Gasteiger partial charge in [-0.25, -0.2) is 4.98 Å². The van der Waals surface area contributed by atoms with Gasteiger partial charge in [-0.1, -0.05) is 18.2 Å². The molecule has 1 aliphatic rings. The number of nitrogens with one attached hydrogen (secondary N) is 1. The van der Waals surface area contributed by atoms with Crippen LogP contribution in [0.15, 0.2) is 30.3 Å². The summed E-state index contributed by atoms with van der Waals surface area (Å²) in [5.74, 6) is 0.976. The Kier molecular flexibility index (Phi) is 3.85. The van der Waals surface area contributed by atoms with Crippen LogP contribution in [0.2, 0.25) is 0 Å². The molecule has 0 bridgehead atoms. The molecular weight excluding hydrogens is 250 g/mol. The lowest BCUT2D eigenvalue weighted by Crippen LogP contribution is -2.23. The predicted octanol–water partition coefficient (Wildman–Crippen LogP) is 2.50. The van der Waals surface area contributed by atoms with Crippen molar-refractivity contribution in [1.29, 1.82) is 0 Å². The standard InChI is InChI=1S/C16H21N3O/c1-17-16-13(10-19-8-7-14(11-19)20-2)9-12-5-3-4-6-15(12)18-16/h3-6,9,14H,7-8,10-11H2,1-2H3,(H,17,18). The fourth-order valence-corrected chi connectivity index (χ4v) is 2.87. The maximum atomic E-state index is 5.43. The van der Waals surface area contributed by atoms with Crippen molar-refractivity contribution in [3.8, 4) is 0 Å². The molecule has 0 spiro atoms. The largest absolute Gasteiger partial charge is 0.380 e. The summed E-state index contributed by atoms with van der Waals surface area (Å²) in [5, 5.41) is 4.42. The van der Waals surface area contributed by atoms with Gasteiger partial charge in [0.2, 0.25) is 0 Å². The number of hydrogen-bond acceptors (Lipinski definition) is 4. The Hall–Kier alpha value is -1.65. The van der Waals surface area contributed by atoms with E-state index in [9.17, 15) is 0 Å². The van der Waals surface area contributed by atoms with E-state index in [0.29, 0.717) is 6.10 Å². The zero-order valence-electron chi connectivity index (χ0n) is 12.1. The minimum Gasteiger partial charge on any atom is -0.380 e. The number of fused-ring (bicyclic) bond motifs is 1. The van der Waals surface area contributed by atoms with Gasteiger partial charge in [-0.2, -0.15) is 0 Å². The molecule has 1 N–H and O–H groups in total. The average Bonchev–Trinajstić information content (AvgIpc) is 2.94. The van der Waals surface area contributed by atoms with Crippen molar-refractivity contribution in [2.45, 2.75) is 19.1 Å². The Balaban J connectivity index is 1.86. The molecule has 2 aromatic rings. The summed E-state index contributed by atoms with van der Waals surface area (Å²) < 4.78 is 5.43. The first-order valence-electron chi connectivity index (χ1n) is 7.11. The Bertz CT molecular complexity index is 599. The third-order valence-corrected chi connectivity index (χ3v) is 4.00. The van der Waals surface area contributed by atoms with E-state index < -0.39 is 0 Å². The third-order valence-electron chi connectivity index (χ3n) is 4.00. The first-order chi connectivity index (χ1) is 9.80. The van der Waals surface area contributed by atoms with Crippen LogP contribution in [0, 0.1) is 0 Å². The van der Waals surface area contributed by atoms with E-state index in [2.05, 4.69) is 34.5 Å². The monoisotopic (exact) mass is 271 g/mol. The Labute approximate surface area is 119 Å². The van der Waals surface area contributed by atoms with Crippen molar-refractivity contribution in [3.05, 3.63) is 35.9 Å². The maximum Gasteiger partial charge on any atom is 0.130 e. The molecule has 106 valence electrons. The maximum absolute atomic E-state index is 5.43. The molecule has 1 fully saturated rings. The van der Waals surface area contributed by atoms with Crippen molar-refractivity contribution in [2.75, 3.05) is 32.6 Å². The summed E-state index contributed by atoms with van der Waals surface area (Å²) in [6.07, 6.45) is 1.49. The van der Waals surface area contributed by atoms with Crippen LogP contribution >= 0.6 is 0 Å². The molecule has 2 heterocycles. The lowest BCUT2D eigenvalue weighted by Gasteiger charge is -2.18. The number of anilines is 1. The molecule has 3 rings (SSSR count). The van der Waals surface area contributed by atoms with Crippen LogP contribution in [0.4, 0.5) is 5.82 Å². The van der Waals surface area contributed by atoms with Crippen molar-refractivity contribution >= 4 is 16.7 Å². The molecule has 4 nitrogen and oxygen atoms in total. The summed E-state index contributed by atoms with van der Waals surface area (Å²) in [6, 6.07) is 10.5. The SMILES string of the molecule is CNc1nc2ccccc2cc1CN1CCC(OC)C1. The summed E-state index contributed by atoms with van der Waals surface area (Å²) in [7, 11) is 3.73. The highest BCUT2D eigenvalue weighted by molar-refractivity contribution is 5.81. The van der Waals surface area contributed by atoms with E-state index >= 15 is 0 Å². The van der Waals surface area contributed by atoms with E-state index in [1.54, 1.807) is 7.11 Å². The Morgan fingerprint density at radius 2 is 2.25 bits per heavy atom. The van der Waals surface area contributed by atoms with Crippen LogP contribution in [0.25, 0.3) is 10.9 Å². The number of pyridine rings is 1. The van der Waals surface area contributed by atoms with E-state index in [4.69, 9.17) is 9.72 Å². The van der Waals surface area contributed by atoms with Gasteiger partial charge < -0.3 is 10.1 Å². The van der Waals surface area contributed by atoms with Gasteiger partial charge in [0.1, 0.15) is 5.82 Å². The van der Waals surface area contributed by atoms with Gasteiger partial charge >= 0.3 is 0 Å². The molecular formula is C16H21N3O. The molecule has 0 radical (unpaired) electrons. The minimum atomic E-state index is 0.376. The fourth-order valence-electron chi connectivity index (χ4n) is 2.87. The minimum absolute atomic E-state index is 0.376. The number of rotatable bonds is 4. The summed E-state index contributed by atoms with van der Waals surface area (Å²) in [6.45, 7) is 3.02. The van der Waals surface area contributed by atoms with Crippen molar-refractivity contribution in [3.63, 3.8) is 0 Å². The average molecular weight is 271 g/mol. The van der Waals surface area contributed by atoms with Crippen LogP contribution in [0.5, 0.6) is 0 Å². The molecule has 1 aromatic carbocycles. The number of methoxy groups -OCH3 is 1. The lowest BCUT2D eigenvalue weighted by atomic mass is 10.1. The Morgan fingerprint density at radius 1 is 1.40 bits per heavy atom. The summed E-state index contributed by atoms with van der Waals surface area (Å²) in [4.78, 5) is 7.14. The van der Waals surface area contributed by atoms with Crippen LogP contribution < -0.4 is 5.32 Å². The summed E-state index contributed by atoms with van der Waals surface area (Å²) >= 11 is 0. The van der Waals surface area contributed by atoms with Gasteiger partial charge in [0, 0.05) is 44.7 Å². The smallest absolute Gasteiger partial charge is 0.130 e. The molecule has 4 heteroatoms. The molecule has 0 amide bonds. The molecule has 1 saturated heterocycles. The first-order valence-corrected chi connectivity index (χ1v) is 7.11. The molecule has 20 heavy (non-hydrogen) atoms. The molecule has 0 aliphatic carbocycles. The number of nitrogens with zero attached hydrogens (tertiary/aromatic N) is 2. The van der Waals surface area contributed by atoms with E-state index in [1.165, 1.54) is 10.9 Å².